The third kappa shape index (κ3) is 6.87. The zero-order chi connectivity index (χ0) is 20.8. The molecule has 160 valence electrons. The van der Waals surface area contributed by atoms with Crippen molar-refractivity contribution in [1.29, 1.82) is 0 Å². The summed E-state index contributed by atoms with van der Waals surface area (Å²) in [6.07, 6.45) is 1.85. The lowest BCUT2D eigenvalue weighted by Gasteiger charge is -2.13. The topological polar surface area (TPSA) is 47.0 Å². The molecular formula is C23H21Cl2N3OS2. The number of thioether (sulfide) groups is 1. The van der Waals surface area contributed by atoms with Crippen LogP contribution in [0.25, 0.3) is 0 Å². The summed E-state index contributed by atoms with van der Waals surface area (Å²) in [5, 5.41) is 6.83. The van der Waals surface area contributed by atoms with Crippen molar-refractivity contribution in [1.82, 2.24) is 9.97 Å². The number of hydrogen-bond donors (Lipinski definition) is 1. The number of pyridine rings is 1. The standard InChI is InChI=1S/C23H20ClN3OS2.ClH/c1-16-14-30-23(26-16)27-22-21(28-13-17-6-3-2-4-7-17)11-20(12-25-22)29-15-18-8-5-9-19(24)10-18;/h2-12,14H,13,15H2,1H3,(H,25,26,27);1H. The van der Waals surface area contributed by atoms with Crippen LogP contribution < -0.4 is 10.1 Å². The number of hydrogen-bond acceptors (Lipinski definition) is 6. The van der Waals surface area contributed by atoms with Crippen molar-refractivity contribution in [2.75, 3.05) is 5.32 Å². The normalized spacial score (nSPS) is 10.4. The molecule has 31 heavy (non-hydrogen) atoms. The van der Waals surface area contributed by atoms with Crippen molar-refractivity contribution in [2.45, 2.75) is 24.2 Å². The summed E-state index contributed by atoms with van der Waals surface area (Å²) in [4.78, 5) is 10.1. The number of benzene rings is 2. The number of rotatable bonds is 8. The molecule has 0 radical (unpaired) electrons. The zero-order valence-corrected chi connectivity index (χ0v) is 20.0. The molecule has 2 aromatic carbocycles. The molecule has 0 aliphatic rings. The highest BCUT2D eigenvalue weighted by atomic mass is 35.5. The first kappa shape index (κ1) is 23.4. The predicted octanol–water partition coefficient (Wildman–Crippen LogP) is 7.54. The Morgan fingerprint density at radius 2 is 1.87 bits per heavy atom. The van der Waals surface area contributed by atoms with E-state index in [1.54, 1.807) is 23.1 Å². The van der Waals surface area contributed by atoms with Crippen LogP contribution in [0.5, 0.6) is 5.75 Å². The van der Waals surface area contributed by atoms with Crippen LogP contribution in [0, 0.1) is 6.92 Å². The minimum atomic E-state index is 0. The molecule has 4 aromatic rings. The third-order valence-corrected chi connectivity index (χ3v) is 6.35. The smallest absolute Gasteiger partial charge is 0.188 e. The van der Waals surface area contributed by atoms with Crippen LogP contribution >= 0.6 is 47.1 Å². The molecular weight excluding hydrogens is 469 g/mol. The van der Waals surface area contributed by atoms with Crippen molar-refractivity contribution in [3.63, 3.8) is 0 Å². The number of nitrogens with one attached hydrogen (secondary N) is 1. The maximum atomic E-state index is 6.13. The highest BCUT2D eigenvalue weighted by Crippen LogP contribution is 2.33. The SMILES string of the molecule is Cc1csc(Nc2ncc(SCc3cccc(Cl)c3)cc2OCc2ccccc2)n1.Cl. The average molecular weight is 490 g/mol. The van der Waals surface area contributed by atoms with Crippen LogP contribution in [0.1, 0.15) is 16.8 Å². The lowest BCUT2D eigenvalue weighted by molar-refractivity contribution is 0.306. The first-order valence-electron chi connectivity index (χ1n) is 9.39. The zero-order valence-electron chi connectivity index (χ0n) is 16.7. The molecule has 0 unspecified atom stereocenters. The summed E-state index contributed by atoms with van der Waals surface area (Å²) < 4.78 is 6.13. The quantitative estimate of drug-likeness (QED) is 0.259. The first-order valence-corrected chi connectivity index (χ1v) is 11.6. The van der Waals surface area contributed by atoms with E-state index in [1.807, 2.05) is 73.1 Å². The van der Waals surface area contributed by atoms with Crippen LogP contribution in [0.4, 0.5) is 10.9 Å². The summed E-state index contributed by atoms with van der Waals surface area (Å²) in [7, 11) is 0. The number of halogens is 2. The van der Waals surface area contributed by atoms with Gasteiger partial charge in [-0.3, -0.25) is 0 Å². The fourth-order valence-electron chi connectivity index (χ4n) is 2.75. The van der Waals surface area contributed by atoms with Gasteiger partial charge in [-0.25, -0.2) is 9.97 Å². The Hall–Kier alpha value is -2.25. The molecule has 0 aliphatic carbocycles. The van der Waals surface area contributed by atoms with Crippen LogP contribution in [0.3, 0.4) is 0 Å². The minimum Gasteiger partial charge on any atom is -0.485 e. The van der Waals surface area contributed by atoms with Gasteiger partial charge < -0.3 is 10.1 Å². The predicted molar refractivity (Wildman–Crippen MR) is 133 cm³/mol. The molecule has 0 saturated heterocycles. The Bertz CT molecular complexity index is 1120. The molecule has 0 saturated carbocycles. The molecule has 0 bridgehead atoms. The van der Waals surface area contributed by atoms with Gasteiger partial charge in [0.05, 0.1) is 5.69 Å². The largest absolute Gasteiger partial charge is 0.485 e. The molecule has 4 nitrogen and oxygen atoms in total. The van der Waals surface area contributed by atoms with Gasteiger partial charge in [-0.2, -0.15) is 0 Å². The van der Waals surface area contributed by atoms with Gasteiger partial charge in [0.1, 0.15) is 6.61 Å². The third-order valence-electron chi connectivity index (χ3n) is 4.20. The Morgan fingerprint density at radius 3 is 2.61 bits per heavy atom. The van der Waals surface area contributed by atoms with E-state index in [2.05, 4.69) is 21.4 Å². The maximum Gasteiger partial charge on any atom is 0.188 e. The molecule has 2 heterocycles. The van der Waals surface area contributed by atoms with E-state index in [0.717, 1.165) is 32.1 Å². The van der Waals surface area contributed by atoms with Gasteiger partial charge in [-0.15, -0.1) is 35.5 Å². The lowest BCUT2D eigenvalue weighted by Crippen LogP contribution is -2.01. The van der Waals surface area contributed by atoms with Gasteiger partial charge in [-0.05, 0) is 36.2 Å². The van der Waals surface area contributed by atoms with Crippen molar-refractivity contribution < 1.29 is 4.74 Å². The molecule has 0 atom stereocenters. The second-order valence-electron chi connectivity index (χ2n) is 6.63. The van der Waals surface area contributed by atoms with Gasteiger partial charge in [-0.1, -0.05) is 54.1 Å². The second kappa shape index (κ2) is 11.4. The van der Waals surface area contributed by atoms with E-state index in [9.17, 15) is 0 Å². The highest BCUT2D eigenvalue weighted by molar-refractivity contribution is 7.98. The van der Waals surface area contributed by atoms with Crippen molar-refractivity contribution in [2.24, 2.45) is 0 Å². The first-order chi connectivity index (χ1) is 14.7. The summed E-state index contributed by atoms with van der Waals surface area (Å²) in [5.74, 6) is 2.16. The Balaban J connectivity index is 0.00000272. The van der Waals surface area contributed by atoms with E-state index in [1.165, 1.54) is 5.56 Å². The van der Waals surface area contributed by atoms with Crippen LogP contribution in [-0.4, -0.2) is 9.97 Å². The molecule has 2 aromatic heterocycles. The fraction of sp³-hybridized carbons (Fsp3) is 0.130. The number of ether oxygens (including phenoxy) is 1. The number of nitrogens with zero attached hydrogens (tertiary/aromatic N) is 2. The van der Waals surface area contributed by atoms with E-state index in [4.69, 9.17) is 16.3 Å². The fourth-order valence-corrected chi connectivity index (χ4v) is 4.48. The molecule has 0 aliphatic heterocycles. The molecule has 0 fully saturated rings. The molecule has 0 amide bonds. The number of aromatic nitrogens is 2. The monoisotopic (exact) mass is 489 g/mol. The molecule has 8 heteroatoms. The number of anilines is 2. The van der Waals surface area contributed by atoms with Crippen LogP contribution in [-0.2, 0) is 12.4 Å². The minimum absolute atomic E-state index is 0. The van der Waals surface area contributed by atoms with E-state index in [-0.39, 0.29) is 12.4 Å². The highest BCUT2D eigenvalue weighted by Gasteiger charge is 2.11. The Kier molecular flexibility index (Phi) is 8.60. The number of aryl methyl sites for hydroxylation is 1. The van der Waals surface area contributed by atoms with E-state index >= 15 is 0 Å². The number of thiazole rings is 1. The van der Waals surface area contributed by atoms with Gasteiger partial charge in [0, 0.05) is 27.2 Å². The average Bonchev–Trinajstić information content (AvgIpc) is 3.17. The van der Waals surface area contributed by atoms with Crippen molar-refractivity contribution in [3.8, 4) is 5.75 Å². The summed E-state index contributed by atoms with van der Waals surface area (Å²) in [6.45, 7) is 2.44. The molecule has 0 spiro atoms. The van der Waals surface area contributed by atoms with Crippen LogP contribution in [0.15, 0.2) is 77.1 Å². The lowest BCUT2D eigenvalue weighted by atomic mass is 10.2. The Labute approximate surface area is 201 Å². The van der Waals surface area contributed by atoms with Crippen LogP contribution in [0.2, 0.25) is 5.02 Å². The summed E-state index contributed by atoms with van der Waals surface area (Å²) in [5.41, 5.74) is 3.24. The van der Waals surface area contributed by atoms with Crippen molar-refractivity contribution >= 4 is 58.1 Å². The maximum absolute atomic E-state index is 6.13. The van der Waals surface area contributed by atoms with Gasteiger partial charge in [0.2, 0.25) is 0 Å². The summed E-state index contributed by atoms with van der Waals surface area (Å²) in [6, 6.07) is 20.0. The van der Waals surface area contributed by atoms with Gasteiger partial charge >= 0.3 is 0 Å². The molecule has 4 rings (SSSR count). The van der Waals surface area contributed by atoms with Crippen molar-refractivity contribution in [3.05, 3.63) is 94.1 Å². The second-order valence-corrected chi connectivity index (χ2v) is 8.97. The van der Waals surface area contributed by atoms with E-state index in [0.29, 0.717) is 18.2 Å². The van der Waals surface area contributed by atoms with E-state index < -0.39 is 0 Å². The summed E-state index contributed by atoms with van der Waals surface area (Å²) >= 11 is 9.34. The van der Waals surface area contributed by atoms with Gasteiger partial charge in [0.15, 0.2) is 16.7 Å². The van der Waals surface area contributed by atoms with Gasteiger partial charge in [0.25, 0.3) is 0 Å². The Morgan fingerprint density at radius 1 is 1.06 bits per heavy atom. The molecule has 1 N–H and O–H groups in total.